The van der Waals surface area contributed by atoms with Crippen molar-refractivity contribution in [1.82, 2.24) is 10.3 Å². The molecule has 7 nitrogen and oxygen atoms in total. The van der Waals surface area contributed by atoms with Gasteiger partial charge >= 0.3 is 6.09 Å². The Labute approximate surface area is 188 Å². The average Bonchev–Trinajstić information content (AvgIpc) is 2.67. The van der Waals surface area contributed by atoms with Crippen LogP contribution in [-0.4, -0.2) is 41.2 Å². The fraction of sp³-hybridized carbons (Fsp3) is 0.435. The molecule has 1 aliphatic heterocycles. The van der Waals surface area contributed by atoms with Crippen LogP contribution in [0.3, 0.4) is 0 Å². The summed E-state index contributed by atoms with van der Waals surface area (Å²) in [6.07, 6.45) is 2.78. The van der Waals surface area contributed by atoms with Crippen LogP contribution in [0.15, 0.2) is 42.6 Å². The molecule has 0 saturated carbocycles. The van der Waals surface area contributed by atoms with Crippen molar-refractivity contribution in [2.45, 2.75) is 58.2 Å². The summed E-state index contributed by atoms with van der Waals surface area (Å²) in [7, 11) is 0. The number of pyridine rings is 1. The van der Waals surface area contributed by atoms with Gasteiger partial charge in [0.1, 0.15) is 11.4 Å². The highest BCUT2D eigenvalue weighted by molar-refractivity contribution is 6.30. The number of hydrogen-bond acceptors (Lipinski definition) is 5. The third-order valence-corrected chi connectivity index (χ3v) is 5.22. The predicted molar refractivity (Wildman–Crippen MR) is 123 cm³/mol. The molecule has 0 radical (unpaired) electrons. The molecule has 166 valence electrons. The zero-order valence-corrected chi connectivity index (χ0v) is 19.1. The Morgan fingerprint density at radius 1 is 1.23 bits per heavy atom. The molecule has 2 N–H and O–H groups in total. The molecule has 2 amide bonds. The number of nitrogens with zero attached hydrogens (tertiary/aromatic N) is 2. The lowest BCUT2D eigenvalue weighted by atomic mass is 9.98. The van der Waals surface area contributed by atoms with Crippen molar-refractivity contribution in [2.75, 3.05) is 16.8 Å². The van der Waals surface area contributed by atoms with Gasteiger partial charge in [-0.2, -0.15) is 0 Å². The molecular weight excluding hydrogens is 416 g/mol. The van der Waals surface area contributed by atoms with E-state index < -0.39 is 5.60 Å². The molecule has 1 aliphatic rings. The number of aromatic nitrogens is 1. The van der Waals surface area contributed by atoms with Crippen molar-refractivity contribution in [2.24, 2.45) is 0 Å². The minimum Gasteiger partial charge on any atom is -0.444 e. The van der Waals surface area contributed by atoms with Crippen LogP contribution in [0.2, 0.25) is 5.02 Å². The number of halogens is 1. The molecule has 1 aromatic heterocycles. The van der Waals surface area contributed by atoms with Gasteiger partial charge in [0.15, 0.2) is 0 Å². The first-order valence-electron chi connectivity index (χ1n) is 10.4. The second-order valence-electron chi connectivity index (χ2n) is 8.78. The summed E-state index contributed by atoms with van der Waals surface area (Å²) in [5.41, 5.74) is 0.592. The van der Waals surface area contributed by atoms with Crippen LogP contribution in [0.4, 0.5) is 16.3 Å². The normalized spacial score (nSPS) is 18.9. The first-order chi connectivity index (χ1) is 14.6. The van der Waals surface area contributed by atoms with Crippen LogP contribution in [0, 0.1) is 0 Å². The van der Waals surface area contributed by atoms with Crippen LogP contribution in [0.1, 0.15) is 50.9 Å². The Balaban J connectivity index is 1.56. The lowest BCUT2D eigenvalue weighted by Crippen LogP contribution is -2.50. The SMILES string of the molecule is CC1CC(NC(=O)OC(C)(C)C)CCN1c1ccc(C(=O)Nc2cccc(Cl)c2)cn1. The average molecular weight is 445 g/mol. The number of hydrogen-bond donors (Lipinski definition) is 2. The molecule has 3 rings (SSSR count). The molecular formula is C23H29ClN4O3. The highest BCUT2D eigenvalue weighted by Crippen LogP contribution is 2.24. The van der Waals surface area contributed by atoms with Crippen LogP contribution in [0.5, 0.6) is 0 Å². The smallest absolute Gasteiger partial charge is 0.407 e. The third kappa shape index (κ3) is 6.59. The monoisotopic (exact) mass is 444 g/mol. The standard InChI is InChI=1S/C23H29ClN4O3/c1-15-12-19(27-22(30)31-23(2,3)4)10-11-28(15)20-9-8-16(14-25-20)21(29)26-18-7-5-6-17(24)13-18/h5-9,13-15,19H,10-12H2,1-4H3,(H,26,29)(H,27,30). The quantitative estimate of drug-likeness (QED) is 0.702. The molecule has 0 spiro atoms. The molecule has 2 aromatic rings. The van der Waals surface area contributed by atoms with Crippen molar-refractivity contribution in [3.8, 4) is 0 Å². The Morgan fingerprint density at radius 3 is 2.61 bits per heavy atom. The number of anilines is 2. The Bertz CT molecular complexity index is 927. The van der Waals surface area contributed by atoms with Crippen molar-refractivity contribution < 1.29 is 14.3 Å². The molecule has 0 bridgehead atoms. The number of carbonyl (C=O) groups excluding carboxylic acids is 2. The summed E-state index contributed by atoms with van der Waals surface area (Å²) < 4.78 is 5.35. The summed E-state index contributed by atoms with van der Waals surface area (Å²) >= 11 is 5.96. The second kappa shape index (κ2) is 9.56. The molecule has 0 aliphatic carbocycles. The van der Waals surface area contributed by atoms with Crippen molar-refractivity contribution >= 4 is 35.1 Å². The van der Waals surface area contributed by atoms with Gasteiger partial charge in [0.25, 0.3) is 5.91 Å². The third-order valence-electron chi connectivity index (χ3n) is 4.98. The molecule has 2 atom stereocenters. The number of piperidine rings is 1. The van der Waals surface area contributed by atoms with Gasteiger partial charge in [-0.3, -0.25) is 4.79 Å². The Morgan fingerprint density at radius 2 is 2.00 bits per heavy atom. The predicted octanol–water partition coefficient (Wildman–Crippen LogP) is 4.87. The van der Waals surface area contributed by atoms with Gasteiger partial charge in [0.2, 0.25) is 0 Å². The maximum absolute atomic E-state index is 12.5. The zero-order valence-electron chi connectivity index (χ0n) is 18.3. The van der Waals surface area contributed by atoms with E-state index in [1.165, 1.54) is 0 Å². The summed E-state index contributed by atoms with van der Waals surface area (Å²) in [5.74, 6) is 0.567. The van der Waals surface area contributed by atoms with Gasteiger partial charge in [-0.25, -0.2) is 9.78 Å². The summed E-state index contributed by atoms with van der Waals surface area (Å²) in [6.45, 7) is 8.40. The molecule has 1 fully saturated rings. The van der Waals surface area contributed by atoms with Crippen molar-refractivity contribution in [3.05, 3.63) is 53.2 Å². The van der Waals surface area contributed by atoms with Gasteiger partial charge in [-0.1, -0.05) is 17.7 Å². The van der Waals surface area contributed by atoms with Gasteiger partial charge in [0, 0.05) is 35.5 Å². The zero-order chi connectivity index (χ0) is 22.6. The molecule has 1 aromatic carbocycles. The highest BCUT2D eigenvalue weighted by atomic mass is 35.5. The van der Waals surface area contributed by atoms with E-state index in [4.69, 9.17) is 16.3 Å². The van der Waals surface area contributed by atoms with E-state index >= 15 is 0 Å². The number of alkyl carbamates (subject to hydrolysis) is 1. The topological polar surface area (TPSA) is 83.6 Å². The largest absolute Gasteiger partial charge is 0.444 e. The maximum Gasteiger partial charge on any atom is 0.407 e. The second-order valence-corrected chi connectivity index (χ2v) is 9.22. The molecule has 31 heavy (non-hydrogen) atoms. The number of amides is 2. The van der Waals surface area contributed by atoms with E-state index in [0.717, 1.165) is 25.2 Å². The number of carbonyl (C=O) groups is 2. The van der Waals surface area contributed by atoms with E-state index in [1.54, 1.807) is 36.5 Å². The Kier molecular flexibility index (Phi) is 7.05. The van der Waals surface area contributed by atoms with E-state index in [2.05, 4.69) is 27.4 Å². The molecule has 2 unspecified atom stereocenters. The van der Waals surface area contributed by atoms with Gasteiger partial charge < -0.3 is 20.3 Å². The fourth-order valence-electron chi connectivity index (χ4n) is 3.58. The lowest BCUT2D eigenvalue weighted by molar-refractivity contribution is 0.0493. The number of nitrogens with one attached hydrogen (secondary N) is 2. The van der Waals surface area contributed by atoms with Gasteiger partial charge in [0.05, 0.1) is 5.56 Å². The first kappa shape index (κ1) is 22.9. The molecule has 2 heterocycles. The van der Waals surface area contributed by atoms with Crippen LogP contribution >= 0.6 is 11.6 Å². The summed E-state index contributed by atoms with van der Waals surface area (Å²) in [6, 6.07) is 10.9. The lowest BCUT2D eigenvalue weighted by Gasteiger charge is -2.38. The number of ether oxygens (including phenoxy) is 1. The maximum atomic E-state index is 12.5. The van der Waals surface area contributed by atoms with Crippen molar-refractivity contribution in [3.63, 3.8) is 0 Å². The van der Waals surface area contributed by atoms with Crippen LogP contribution in [-0.2, 0) is 4.74 Å². The van der Waals surface area contributed by atoms with Crippen molar-refractivity contribution in [1.29, 1.82) is 0 Å². The molecule has 8 heteroatoms. The molecule has 1 saturated heterocycles. The van der Waals surface area contributed by atoms with E-state index in [1.807, 2.05) is 26.8 Å². The van der Waals surface area contributed by atoms with Gasteiger partial charge in [-0.05, 0) is 70.9 Å². The number of rotatable bonds is 4. The minimum atomic E-state index is -0.513. The fourth-order valence-corrected chi connectivity index (χ4v) is 3.77. The Hall–Kier alpha value is -2.80. The van der Waals surface area contributed by atoms with Gasteiger partial charge in [-0.15, -0.1) is 0 Å². The summed E-state index contributed by atoms with van der Waals surface area (Å²) in [4.78, 5) is 31.2. The first-order valence-corrected chi connectivity index (χ1v) is 10.8. The van der Waals surface area contributed by atoms with E-state index in [-0.39, 0.29) is 24.1 Å². The minimum absolute atomic E-state index is 0.0591. The summed E-state index contributed by atoms with van der Waals surface area (Å²) in [5, 5.41) is 6.34. The van der Waals surface area contributed by atoms with E-state index in [9.17, 15) is 9.59 Å². The van der Waals surface area contributed by atoms with E-state index in [0.29, 0.717) is 16.3 Å². The highest BCUT2D eigenvalue weighted by Gasteiger charge is 2.28. The van der Waals surface area contributed by atoms with Crippen LogP contribution in [0.25, 0.3) is 0 Å². The van der Waals surface area contributed by atoms with Crippen LogP contribution < -0.4 is 15.5 Å². The number of benzene rings is 1.